The molecule has 0 radical (unpaired) electrons. The van der Waals surface area contributed by atoms with Crippen LogP contribution in [0.5, 0.6) is 5.75 Å². The zero-order valence-electron chi connectivity index (χ0n) is 19.1. The smallest absolute Gasteiger partial charge is 0.221 e. The lowest BCUT2D eigenvalue weighted by Gasteiger charge is -2.37. The average Bonchev–Trinajstić information content (AvgIpc) is 2.91. The SMILES string of the molecule is O=C1C=Cc2ccccc2C1(Oc1ccc2ccccc2c1-c1ccc(Cl)cc1)c1ccc(Cl)cc1. The fourth-order valence-electron chi connectivity index (χ4n) is 4.94. The Morgan fingerprint density at radius 1 is 0.639 bits per heavy atom. The average molecular weight is 507 g/mol. The van der Waals surface area contributed by atoms with Gasteiger partial charge in [-0.1, -0.05) is 108 Å². The molecule has 2 nitrogen and oxygen atoms in total. The Morgan fingerprint density at radius 3 is 2.08 bits per heavy atom. The van der Waals surface area contributed by atoms with Gasteiger partial charge in [-0.2, -0.15) is 0 Å². The van der Waals surface area contributed by atoms with Crippen molar-refractivity contribution in [3.05, 3.63) is 142 Å². The summed E-state index contributed by atoms with van der Waals surface area (Å²) in [6.07, 6.45) is 3.44. The lowest BCUT2D eigenvalue weighted by molar-refractivity contribution is -0.127. The van der Waals surface area contributed by atoms with E-state index >= 15 is 0 Å². The van der Waals surface area contributed by atoms with Crippen molar-refractivity contribution < 1.29 is 9.53 Å². The standard InChI is InChI=1S/C32H20Cl2O2/c33-25-15-9-23(10-16-25)31-27-7-3-1-5-21(27)11-19-29(31)36-32(24-13-17-26(34)18-14-24)28-8-4-2-6-22(28)12-20-30(32)35/h1-20H. The van der Waals surface area contributed by atoms with Crippen LogP contribution in [-0.2, 0) is 10.4 Å². The maximum atomic E-state index is 13.9. The molecule has 0 bridgehead atoms. The van der Waals surface area contributed by atoms with Gasteiger partial charge >= 0.3 is 0 Å². The molecule has 0 aromatic heterocycles. The molecular formula is C32H20Cl2O2. The summed E-state index contributed by atoms with van der Waals surface area (Å²) in [5.74, 6) is 0.447. The molecule has 0 amide bonds. The van der Waals surface area contributed by atoms with Gasteiger partial charge in [-0.25, -0.2) is 0 Å². The summed E-state index contributed by atoms with van der Waals surface area (Å²) in [6, 6.07) is 34.9. The minimum Gasteiger partial charge on any atom is -0.469 e. The van der Waals surface area contributed by atoms with Crippen molar-refractivity contribution in [2.75, 3.05) is 0 Å². The Balaban J connectivity index is 1.64. The number of fused-ring (bicyclic) bond motifs is 2. The molecule has 0 saturated carbocycles. The number of hydrogen-bond donors (Lipinski definition) is 0. The van der Waals surface area contributed by atoms with Gasteiger partial charge in [0.15, 0.2) is 0 Å². The maximum Gasteiger partial charge on any atom is 0.221 e. The number of benzene rings is 5. The van der Waals surface area contributed by atoms with Crippen LogP contribution in [0.25, 0.3) is 28.0 Å². The molecule has 1 atom stereocenters. The Labute approximate surface area is 219 Å². The topological polar surface area (TPSA) is 26.3 Å². The molecule has 1 aliphatic rings. The third-order valence-electron chi connectivity index (χ3n) is 6.64. The van der Waals surface area contributed by atoms with Gasteiger partial charge in [-0.15, -0.1) is 0 Å². The molecule has 5 aromatic carbocycles. The molecular weight excluding hydrogens is 487 g/mol. The molecule has 36 heavy (non-hydrogen) atoms. The van der Waals surface area contributed by atoms with E-state index in [1.807, 2.05) is 91.0 Å². The summed E-state index contributed by atoms with van der Waals surface area (Å²) in [5.41, 5.74) is 2.90. The van der Waals surface area contributed by atoms with Crippen LogP contribution in [0.2, 0.25) is 10.0 Å². The molecule has 174 valence electrons. The van der Waals surface area contributed by atoms with Crippen LogP contribution in [0.15, 0.2) is 115 Å². The highest BCUT2D eigenvalue weighted by molar-refractivity contribution is 6.31. The molecule has 0 spiro atoms. The van der Waals surface area contributed by atoms with Crippen molar-refractivity contribution >= 4 is 45.8 Å². The lowest BCUT2D eigenvalue weighted by atomic mass is 9.76. The van der Waals surface area contributed by atoms with Gasteiger partial charge in [0.25, 0.3) is 0 Å². The zero-order chi connectivity index (χ0) is 24.7. The Kier molecular flexibility index (Phi) is 5.64. The van der Waals surface area contributed by atoms with Gasteiger partial charge in [0.2, 0.25) is 11.4 Å². The highest BCUT2D eigenvalue weighted by atomic mass is 35.5. The highest BCUT2D eigenvalue weighted by Crippen LogP contribution is 2.46. The van der Waals surface area contributed by atoms with Crippen LogP contribution in [0.4, 0.5) is 0 Å². The summed E-state index contributed by atoms with van der Waals surface area (Å²) in [5, 5.41) is 3.34. The predicted molar refractivity (Wildman–Crippen MR) is 148 cm³/mol. The monoisotopic (exact) mass is 506 g/mol. The predicted octanol–water partition coefficient (Wildman–Crippen LogP) is 8.73. The first-order valence-electron chi connectivity index (χ1n) is 11.6. The molecule has 0 fully saturated rings. The molecule has 4 heteroatoms. The molecule has 6 rings (SSSR count). The van der Waals surface area contributed by atoms with Gasteiger partial charge in [0.1, 0.15) is 5.75 Å². The molecule has 1 unspecified atom stereocenters. The van der Waals surface area contributed by atoms with Crippen molar-refractivity contribution in [3.63, 3.8) is 0 Å². The highest BCUT2D eigenvalue weighted by Gasteiger charge is 2.46. The zero-order valence-corrected chi connectivity index (χ0v) is 20.6. The quantitative estimate of drug-likeness (QED) is 0.243. The molecule has 5 aromatic rings. The van der Waals surface area contributed by atoms with E-state index in [0.717, 1.165) is 33.0 Å². The first kappa shape index (κ1) is 22.6. The van der Waals surface area contributed by atoms with Crippen molar-refractivity contribution in [2.24, 2.45) is 0 Å². The van der Waals surface area contributed by atoms with Crippen molar-refractivity contribution in [2.45, 2.75) is 5.60 Å². The number of ketones is 1. The minimum absolute atomic E-state index is 0.154. The van der Waals surface area contributed by atoms with Crippen LogP contribution in [0.3, 0.4) is 0 Å². The summed E-state index contributed by atoms with van der Waals surface area (Å²) < 4.78 is 6.95. The number of carbonyl (C=O) groups excluding carboxylic acids is 1. The minimum atomic E-state index is -1.38. The summed E-state index contributed by atoms with van der Waals surface area (Å²) in [4.78, 5) is 13.9. The van der Waals surface area contributed by atoms with Crippen LogP contribution >= 0.6 is 23.2 Å². The van der Waals surface area contributed by atoms with Crippen molar-refractivity contribution in [3.8, 4) is 16.9 Å². The van der Waals surface area contributed by atoms with E-state index in [1.165, 1.54) is 0 Å². The second-order valence-corrected chi connectivity index (χ2v) is 9.61. The lowest BCUT2D eigenvalue weighted by Crippen LogP contribution is -2.44. The molecule has 0 N–H and O–H groups in total. The first-order valence-corrected chi connectivity index (χ1v) is 12.4. The number of carbonyl (C=O) groups is 1. The Morgan fingerprint density at radius 2 is 1.31 bits per heavy atom. The van der Waals surface area contributed by atoms with E-state index in [2.05, 4.69) is 12.1 Å². The second-order valence-electron chi connectivity index (χ2n) is 8.74. The summed E-state index contributed by atoms with van der Waals surface area (Å²) in [6.45, 7) is 0. The van der Waals surface area contributed by atoms with Crippen molar-refractivity contribution in [1.29, 1.82) is 0 Å². The molecule has 1 aliphatic carbocycles. The summed E-state index contributed by atoms with van der Waals surface area (Å²) >= 11 is 12.4. The number of halogens is 2. The number of ether oxygens (including phenoxy) is 1. The fraction of sp³-hybridized carbons (Fsp3) is 0.0312. The maximum absolute atomic E-state index is 13.9. The van der Waals surface area contributed by atoms with Gasteiger partial charge in [-0.05, 0) is 58.3 Å². The Bertz CT molecular complexity index is 1640. The summed E-state index contributed by atoms with van der Waals surface area (Å²) in [7, 11) is 0. The third kappa shape index (κ3) is 3.71. The number of rotatable bonds is 4. The van der Waals surface area contributed by atoms with Crippen molar-refractivity contribution in [1.82, 2.24) is 0 Å². The first-order chi connectivity index (χ1) is 17.6. The van der Waals surface area contributed by atoms with E-state index in [1.54, 1.807) is 18.2 Å². The largest absolute Gasteiger partial charge is 0.469 e. The third-order valence-corrected chi connectivity index (χ3v) is 7.14. The Hall–Kier alpha value is -3.85. The van der Waals surface area contributed by atoms with E-state index in [0.29, 0.717) is 21.4 Å². The van der Waals surface area contributed by atoms with E-state index in [-0.39, 0.29) is 5.78 Å². The van der Waals surface area contributed by atoms with Crippen LogP contribution < -0.4 is 4.74 Å². The normalized spacial score (nSPS) is 16.7. The van der Waals surface area contributed by atoms with Gasteiger partial charge in [0, 0.05) is 26.7 Å². The van der Waals surface area contributed by atoms with Crippen LogP contribution in [0, 0.1) is 0 Å². The van der Waals surface area contributed by atoms with Gasteiger partial charge < -0.3 is 4.74 Å². The van der Waals surface area contributed by atoms with Crippen LogP contribution in [0.1, 0.15) is 16.7 Å². The number of hydrogen-bond acceptors (Lipinski definition) is 2. The fourth-order valence-corrected chi connectivity index (χ4v) is 5.19. The van der Waals surface area contributed by atoms with Gasteiger partial charge in [0.05, 0.1) is 0 Å². The van der Waals surface area contributed by atoms with E-state index in [4.69, 9.17) is 27.9 Å². The molecule has 0 heterocycles. The molecule has 0 aliphatic heterocycles. The van der Waals surface area contributed by atoms with E-state index in [9.17, 15) is 4.79 Å². The van der Waals surface area contributed by atoms with Gasteiger partial charge in [-0.3, -0.25) is 4.79 Å². The second kappa shape index (κ2) is 8.98. The molecule has 0 saturated heterocycles. The van der Waals surface area contributed by atoms with E-state index < -0.39 is 5.60 Å². The van der Waals surface area contributed by atoms with Crippen LogP contribution in [-0.4, -0.2) is 5.78 Å².